The number of hydrogen-bond acceptors (Lipinski definition) is 5. The van der Waals surface area contributed by atoms with Crippen molar-refractivity contribution in [3.63, 3.8) is 0 Å². The van der Waals surface area contributed by atoms with Crippen LogP contribution in [0.1, 0.15) is 24.0 Å². The van der Waals surface area contributed by atoms with Crippen molar-refractivity contribution in [3.05, 3.63) is 35.4 Å². The SMILES string of the molecule is CN1CC[C@]23c4c5ccc(OCCCN)c4O[C@@H]2[C@H](O)C=C[C@H]3[C@H]1C5. The van der Waals surface area contributed by atoms with Gasteiger partial charge in [-0.2, -0.15) is 0 Å². The monoisotopic (exact) mass is 342 g/mol. The third kappa shape index (κ3) is 1.94. The molecular weight excluding hydrogens is 316 g/mol. The Bertz CT molecular complexity index is 734. The van der Waals surface area contributed by atoms with Gasteiger partial charge in [0.2, 0.25) is 0 Å². The molecule has 2 aliphatic carbocycles. The van der Waals surface area contributed by atoms with E-state index in [2.05, 4.69) is 24.1 Å². The van der Waals surface area contributed by atoms with Crippen LogP contribution in [0.3, 0.4) is 0 Å². The zero-order valence-corrected chi connectivity index (χ0v) is 14.6. The standard InChI is InChI=1S/C20H26N2O3/c1-22-9-7-20-13-4-5-15(23)19(20)25-18-16(24-10-2-8-21)6-3-12(17(18)20)11-14(13)22/h3-6,13-15,19,23H,2,7-11,21H2,1H3/t13-,14+,15+,19+,20-/m0/s1. The summed E-state index contributed by atoms with van der Waals surface area (Å²) in [5.41, 5.74) is 8.15. The number of likely N-dealkylation sites (N-methyl/N-ethyl adjacent to an activating group) is 1. The van der Waals surface area contributed by atoms with E-state index in [0.717, 1.165) is 37.3 Å². The molecule has 0 radical (unpaired) electrons. The van der Waals surface area contributed by atoms with E-state index in [9.17, 15) is 5.11 Å². The van der Waals surface area contributed by atoms with Crippen molar-refractivity contribution in [2.75, 3.05) is 26.7 Å². The Balaban J connectivity index is 1.66. The minimum atomic E-state index is -0.560. The summed E-state index contributed by atoms with van der Waals surface area (Å²) in [4.78, 5) is 2.47. The fourth-order valence-electron chi connectivity index (χ4n) is 5.61. The minimum Gasteiger partial charge on any atom is -0.490 e. The van der Waals surface area contributed by atoms with Gasteiger partial charge in [0.05, 0.1) is 6.61 Å². The number of ether oxygens (including phenoxy) is 2. The molecule has 3 N–H and O–H groups in total. The van der Waals surface area contributed by atoms with E-state index in [4.69, 9.17) is 15.2 Å². The predicted octanol–water partition coefficient (Wildman–Crippen LogP) is 1.22. The van der Waals surface area contributed by atoms with Crippen molar-refractivity contribution in [1.82, 2.24) is 4.90 Å². The average molecular weight is 342 g/mol. The molecule has 5 heteroatoms. The molecule has 0 unspecified atom stereocenters. The molecule has 1 spiro atoms. The first-order chi connectivity index (χ1) is 12.2. The molecule has 0 saturated carbocycles. The number of piperidine rings is 1. The van der Waals surface area contributed by atoms with Crippen LogP contribution < -0.4 is 15.2 Å². The van der Waals surface area contributed by atoms with E-state index in [0.29, 0.717) is 25.1 Å². The van der Waals surface area contributed by atoms with Crippen LogP contribution in [0.4, 0.5) is 0 Å². The Morgan fingerprint density at radius 1 is 1.40 bits per heavy atom. The zero-order chi connectivity index (χ0) is 17.2. The summed E-state index contributed by atoms with van der Waals surface area (Å²) in [6.45, 7) is 2.25. The van der Waals surface area contributed by atoms with Gasteiger partial charge < -0.3 is 25.2 Å². The molecule has 1 saturated heterocycles. The largest absolute Gasteiger partial charge is 0.490 e. The lowest BCUT2D eigenvalue weighted by molar-refractivity contribution is -0.0454. The molecule has 5 rings (SSSR count). The Morgan fingerprint density at radius 2 is 2.28 bits per heavy atom. The number of aliphatic hydroxyl groups is 1. The molecule has 25 heavy (non-hydrogen) atoms. The van der Waals surface area contributed by atoms with Gasteiger partial charge in [0.15, 0.2) is 11.5 Å². The van der Waals surface area contributed by atoms with Crippen LogP contribution in [0.5, 0.6) is 11.5 Å². The maximum Gasteiger partial charge on any atom is 0.165 e. The molecule has 1 aromatic carbocycles. The summed E-state index contributed by atoms with van der Waals surface area (Å²) < 4.78 is 12.4. The molecule has 1 aromatic rings. The summed E-state index contributed by atoms with van der Waals surface area (Å²) >= 11 is 0. The molecule has 5 nitrogen and oxygen atoms in total. The average Bonchev–Trinajstić information content (AvgIpc) is 2.96. The number of hydrogen-bond donors (Lipinski definition) is 2. The Hall–Kier alpha value is -1.56. The Kier molecular flexibility index (Phi) is 3.43. The van der Waals surface area contributed by atoms with Crippen LogP contribution in [0, 0.1) is 5.92 Å². The first kappa shape index (κ1) is 15.7. The topological polar surface area (TPSA) is 68.0 Å². The molecule has 0 aromatic heterocycles. The summed E-state index contributed by atoms with van der Waals surface area (Å²) in [6.07, 6.45) is 6.29. The van der Waals surface area contributed by atoms with Gasteiger partial charge in [-0.3, -0.25) is 0 Å². The van der Waals surface area contributed by atoms with Gasteiger partial charge in [0, 0.05) is 22.9 Å². The number of benzene rings is 1. The summed E-state index contributed by atoms with van der Waals surface area (Å²) in [7, 11) is 2.22. The fraction of sp³-hybridized carbons (Fsp3) is 0.600. The summed E-state index contributed by atoms with van der Waals surface area (Å²) in [5.74, 6) is 2.07. The normalized spacial score (nSPS) is 37.6. The number of rotatable bonds is 4. The van der Waals surface area contributed by atoms with Crippen molar-refractivity contribution in [1.29, 1.82) is 0 Å². The van der Waals surface area contributed by atoms with Crippen molar-refractivity contribution < 1.29 is 14.6 Å². The molecule has 2 aliphatic heterocycles. The molecular formula is C20H26N2O3. The minimum absolute atomic E-state index is 0.110. The van der Waals surface area contributed by atoms with Gasteiger partial charge >= 0.3 is 0 Å². The third-order valence-corrected chi connectivity index (χ3v) is 6.74. The molecule has 5 atom stereocenters. The molecule has 1 fully saturated rings. The van der Waals surface area contributed by atoms with Crippen molar-refractivity contribution >= 4 is 0 Å². The molecule has 0 amide bonds. The second kappa shape index (κ2) is 5.47. The predicted molar refractivity (Wildman–Crippen MR) is 95.1 cm³/mol. The maximum absolute atomic E-state index is 10.7. The van der Waals surface area contributed by atoms with Crippen LogP contribution in [0.15, 0.2) is 24.3 Å². The van der Waals surface area contributed by atoms with E-state index in [1.54, 1.807) is 0 Å². The van der Waals surface area contributed by atoms with E-state index in [1.165, 1.54) is 11.1 Å². The Morgan fingerprint density at radius 3 is 3.12 bits per heavy atom. The van der Waals surface area contributed by atoms with Gasteiger partial charge in [-0.25, -0.2) is 0 Å². The van der Waals surface area contributed by atoms with E-state index in [-0.39, 0.29) is 11.5 Å². The highest BCUT2D eigenvalue weighted by Crippen LogP contribution is 2.62. The maximum atomic E-state index is 10.7. The van der Waals surface area contributed by atoms with Crippen molar-refractivity contribution in [3.8, 4) is 11.5 Å². The molecule has 134 valence electrons. The van der Waals surface area contributed by atoms with E-state index in [1.807, 2.05) is 12.1 Å². The van der Waals surface area contributed by atoms with E-state index < -0.39 is 6.10 Å². The van der Waals surface area contributed by atoms with Crippen LogP contribution in [-0.4, -0.2) is 55.0 Å². The van der Waals surface area contributed by atoms with Crippen molar-refractivity contribution in [2.45, 2.75) is 42.9 Å². The lowest BCUT2D eigenvalue weighted by Gasteiger charge is -2.56. The number of nitrogens with two attached hydrogens (primary N) is 1. The first-order valence-electron chi connectivity index (χ1n) is 9.39. The molecule has 2 bridgehead atoms. The highest BCUT2D eigenvalue weighted by atomic mass is 16.5. The fourth-order valence-corrected chi connectivity index (χ4v) is 5.61. The van der Waals surface area contributed by atoms with Gasteiger partial charge in [-0.1, -0.05) is 18.2 Å². The lowest BCUT2D eigenvalue weighted by Crippen LogP contribution is -2.64. The van der Waals surface area contributed by atoms with Crippen LogP contribution in [0.2, 0.25) is 0 Å². The Labute approximate surface area is 148 Å². The number of aliphatic hydroxyl groups excluding tert-OH is 1. The first-order valence-corrected chi connectivity index (χ1v) is 9.39. The molecule has 4 aliphatic rings. The smallest absolute Gasteiger partial charge is 0.165 e. The number of nitrogens with zero attached hydrogens (tertiary/aromatic N) is 1. The molecule has 2 heterocycles. The van der Waals surface area contributed by atoms with Gasteiger partial charge in [-0.15, -0.1) is 0 Å². The second-order valence-corrected chi connectivity index (χ2v) is 7.90. The van der Waals surface area contributed by atoms with Gasteiger partial charge in [0.25, 0.3) is 0 Å². The highest BCUT2D eigenvalue weighted by Gasteiger charge is 2.64. The second-order valence-electron chi connectivity index (χ2n) is 7.90. The van der Waals surface area contributed by atoms with Crippen molar-refractivity contribution in [2.24, 2.45) is 11.7 Å². The third-order valence-electron chi connectivity index (χ3n) is 6.74. The number of likely N-dealkylation sites (tertiary alicyclic amines) is 1. The van der Waals surface area contributed by atoms with Crippen LogP contribution >= 0.6 is 0 Å². The van der Waals surface area contributed by atoms with Crippen LogP contribution in [-0.2, 0) is 11.8 Å². The lowest BCUT2D eigenvalue weighted by atomic mass is 9.53. The van der Waals surface area contributed by atoms with Gasteiger partial charge in [0.1, 0.15) is 12.2 Å². The summed E-state index contributed by atoms with van der Waals surface area (Å²) in [6, 6.07) is 4.72. The quantitative estimate of drug-likeness (QED) is 0.636. The highest BCUT2D eigenvalue weighted by molar-refractivity contribution is 5.62. The van der Waals surface area contributed by atoms with Gasteiger partial charge in [-0.05, 0) is 51.0 Å². The zero-order valence-electron chi connectivity index (χ0n) is 14.6. The van der Waals surface area contributed by atoms with Crippen LogP contribution in [0.25, 0.3) is 0 Å². The van der Waals surface area contributed by atoms with E-state index >= 15 is 0 Å². The summed E-state index contributed by atoms with van der Waals surface area (Å²) in [5, 5.41) is 10.7.